The Hall–Kier alpha value is -1.46. The molecule has 1 fully saturated rings. The molecular formula is C16H18ClN3OS. The fourth-order valence-electron chi connectivity index (χ4n) is 2.84. The molecule has 0 saturated carbocycles. The highest BCUT2D eigenvalue weighted by molar-refractivity contribution is 7.99. The fraction of sp³-hybridized carbons (Fsp3) is 0.375. The van der Waals surface area contributed by atoms with E-state index in [0.717, 1.165) is 29.2 Å². The minimum Gasteiger partial charge on any atom is -0.322 e. The molecule has 1 amide bonds. The number of rotatable bonds is 2. The summed E-state index contributed by atoms with van der Waals surface area (Å²) in [6.07, 6.45) is 0. The lowest BCUT2D eigenvalue weighted by Crippen LogP contribution is -2.31. The molecule has 1 aromatic carbocycles. The molecule has 1 unspecified atom stereocenters. The SMILES string of the molecule is Cc1nn(C)c(C)c1C(=O)N1CCSC1c1ccccc1Cl. The van der Waals surface area contributed by atoms with Crippen molar-refractivity contribution in [3.8, 4) is 0 Å². The maximum absolute atomic E-state index is 13.0. The molecule has 0 aliphatic carbocycles. The number of hydrogen-bond donors (Lipinski definition) is 0. The standard InChI is InChI=1S/C16H18ClN3OS/c1-10-14(11(2)19(3)18-10)15(21)20-8-9-22-16(20)12-6-4-5-7-13(12)17/h4-7,16H,8-9H2,1-3H3. The van der Waals surface area contributed by atoms with Crippen molar-refractivity contribution in [1.29, 1.82) is 0 Å². The number of benzene rings is 1. The van der Waals surface area contributed by atoms with Crippen molar-refractivity contribution < 1.29 is 4.79 Å². The van der Waals surface area contributed by atoms with Gasteiger partial charge in [-0.1, -0.05) is 29.8 Å². The average molecular weight is 336 g/mol. The lowest BCUT2D eigenvalue weighted by Gasteiger charge is -2.25. The molecule has 2 heterocycles. The van der Waals surface area contributed by atoms with E-state index in [0.29, 0.717) is 10.6 Å². The monoisotopic (exact) mass is 335 g/mol. The summed E-state index contributed by atoms with van der Waals surface area (Å²) < 4.78 is 1.76. The number of amides is 1. The van der Waals surface area contributed by atoms with Gasteiger partial charge in [0.2, 0.25) is 0 Å². The summed E-state index contributed by atoms with van der Waals surface area (Å²) in [4.78, 5) is 14.9. The Morgan fingerprint density at radius 2 is 2.09 bits per heavy atom. The molecule has 1 aliphatic heterocycles. The first-order chi connectivity index (χ1) is 10.5. The van der Waals surface area contributed by atoms with Crippen molar-refractivity contribution in [3.63, 3.8) is 0 Å². The lowest BCUT2D eigenvalue weighted by atomic mass is 10.1. The predicted molar refractivity (Wildman–Crippen MR) is 90.4 cm³/mol. The van der Waals surface area contributed by atoms with E-state index in [1.165, 1.54) is 0 Å². The van der Waals surface area contributed by atoms with Gasteiger partial charge < -0.3 is 4.90 Å². The fourth-order valence-corrected chi connectivity index (χ4v) is 4.43. The Bertz CT molecular complexity index is 728. The van der Waals surface area contributed by atoms with Gasteiger partial charge in [0.15, 0.2) is 0 Å². The number of aromatic nitrogens is 2. The van der Waals surface area contributed by atoms with Gasteiger partial charge in [-0.05, 0) is 19.9 Å². The van der Waals surface area contributed by atoms with Gasteiger partial charge in [-0.2, -0.15) is 5.10 Å². The molecule has 1 aliphatic rings. The first kappa shape index (κ1) is 15.4. The quantitative estimate of drug-likeness (QED) is 0.842. The lowest BCUT2D eigenvalue weighted by molar-refractivity contribution is 0.0759. The van der Waals surface area contributed by atoms with Crippen LogP contribution in [-0.2, 0) is 7.05 Å². The molecule has 0 N–H and O–H groups in total. The van der Waals surface area contributed by atoms with Crippen molar-refractivity contribution in [1.82, 2.24) is 14.7 Å². The number of halogens is 1. The molecule has 3 rings (SSSR count). The predicted octanol–water partition coefficient (Wildman–Crippen LogP) is 3.58. The molecule has 6 heteroatoms. The minimum atomic E-state index is -0.0276. The molecular weight excluding hydrogens is 318 g/mol. The summed E-state index contributed by atoms with van der Waals surface area (Å²) in [5.41, 5.74) is 3.39. The zero-order chi connectivity index (χ0) is 15.9. The zero-order valence-corrected chi connectivity index (χ0v) is 14.4. The van der Waals surface area contributed by atoms with E-state index < -0.39 is 0 Å². The van der Waals surface area contributed by atoms with E-state index in [9.17, 15) is 4.79 Å². The normalized spacial score (nSPS) is 18.0. The van der Waals surface area contributed by atoms with Gasteiger partial charge in [-0.15, -0.1) is 11.8 Å². The third-order valence-corrected chi connectivity index (χ3v) is 5.63. The molecule has 0 bridgehead atoms. The summed E-state index contributed by atoms with van der Waals surface area (Å²) in [5.74, 6) is 0.956. The maximum Gasteiger partial charge on any atom is 0.258 e. The second-order valence-electron chi connectivity index (χ2n) is 5.41. The van der Waals surface area contributed by atoms with Crippen LogP contribution in [0.15, 0.2) is 24.3 Å². The van der Waals surface area contributed by atoms with Gasteiger partial charge in [-0.25, -0.2) is 0 Å². The van der Waals surface area contributed by atoms with Crippen LogP contribution in [0.1, 0.15) is 32.7 Å². The van der Waals surface area contributed by atoms with Crippen LogP contribution in [0.3, 0.4) is 0 Å². The number of thioether (sulfide) groups is 1. The molecule has 22 heavy (non-hydrogen) atoms. The Morgan fingerprint density at radius 3 is 2.73 bits per heavy atom. The number of carbonyl (C=O) groups excluding carboxylic acids is 1. The second-order valence-corrected chi connectivity index (χ2v) is 7.01. The van der Waals surface area contributed by atoms with Crippen LogP contribution in [0.25, 0.3) is 0 Å². The van der Waals surface area contributed by atoms with Gasteiger partial charge in [0, 0.05) is 35.6 Å². The topological polar surface area (TPSA) is 38.1 Å². The summed E-state index contributed by atoms with van der Waals surface area (Å²) >= 11 is 8.07. The van der Waals surface area contributed by atoms with E-state index in [1.807, 2.05) is 50.1 Å². The average Bonchev–Trinajstić information content (AvgIpc) is 3.05. The van der Waals surface area contributed by atoms with Gasteiger partial charge in [0.25, 0.3) is 5.91 Å². The molecule has 1 saturated heterocycles. The van der Waals surface area contributed by atoms with Gasteiger partial charge in [0.1, 0.15) is 5.37 Å². The molecule has 116 valence electrons. The molecule has 4 nitrogen and oxygen atoms in total. The highest BCUT2D eigenvalue weighted by Crippen LogP contribution is 2.41. The number of hydrogen-bond acceptors (Lipinski definition) is 3. The number of aryl methyl sites for hydroxylation is 2. The number of carbonyl (C=O) groups is 1. The molecule has 1 atom stereocenters. The van der Waals surface area contributed by atoms with Crippen LogP contribution in [-0.4, -0.2) is 32.9 Å². The van der Waals surface area contributed by atoms with Crippen molar-refractivity contribution in [2.45, 2.75) is 19.2 Å². The maximum atomic E-state index is 13.0. The van der Waals surface area contributed by atoms with Crippen molar-refractivity contribution in [2.75, 3.05) is 12.3 Å². The first-order valence-electron chi connectivity index (χ1n) is 7.18. The summed E-state index contributed by atoms with van der Waals surface area (Å²) in [7, 11) is 1.86. The highest BCUT2D eigenvalue weighted by atomic mass is 35.5. The first-order valence-corrected chi connectivity index (χ1v) is 8.60. The Morgan fingerprint density at radius 1 is 1.36 bits per heavy atom. The molecule has 0 radical (unpaired) electrons. The third-order valence-electron chi connectivity index (χ3n) is 4.05. The van der Waals surface area contributed by atoms with Crippen molar-refractivity contribution in [2.24, 2.45) is 7.05 Å². The zero-order valence-electron chi connectivity index (χ0n) is 12.8. The summed E-state index contributed by atoms with van der Waals surface area (Å²) in [6.45, 7) is 4.54. The Kier molecular flexibility index (Phi) is 4.19. The van der Waals surface area contributed by atoms with Gasteiger partial charge in [-0.3, -0.25) is 9.48 Å². The van der Waals surface area contributed by atoms with Gasteiger partial charge >= 0.3 is 0 Å². The molecule has 0 spiro atoms. The largest absolute Gasteiger partial charge is 0.322 e. The highest BCUT2D eigenvalue weighted by Gasteiger charge is 2.34. The second kappa shape index (κ2) is 5.97. The van der Waals surface area contributed by atoms with Crippen LogP contribution >= 0.6 is 23.4 Å². The molecule has 1 aromatic heterocycles. The van der Waals surface area contributed by atoms with E-state index in [-0.39, 0.29) is 11.3 Å². The molecule has 2 aromatic rings. The van der Waals surface area contributed by atoms with Crippen molar-refractivity contribution >= 4 is 29.3 Å². The minimum absolute atomic E-state index is 0.0276. The van der Waals surface area contributed by atoms with E-state index >= 15 is 0 Å². The summed E-state index contributed by atoms with van der Waals surface area (Å²) in [5, 5.41) is 5.03. The van der Waals surface area contributed by atoms with Crippen LogP contribution in [0.4, 0.5) is 0 Å². The Balaban J connectivity index is 1.97. The van der Waals surface area contributed by atoms with Crippen LogP contribution < -0.4 is 0 Å². The third kappa shape index (κ3) is 2.52. The van der Waals surface area contributed by atoms with Crippen molar-refractivity contribution in [3.05, 3.63) is 51.8 Å². The number of nitrogens with zero attached hydrogens (tertiary/aromatic N) is 3. The Labute approximate surface area is 139 Å². The van der Waals surface area contributed by atoms with E-state index in [4.69, 9.17) is 11.6 Å². The van der Waals surface area contributed by atoms with Crippen LogP contribution in [0.5, 0.6) is 0 Å². The van der Waals surface area contributed by atoms with E-state index in [1.54, 1.807) is 16.4 Å². The summed E-state index contributed by atoms with van der Waals surface area (Å²) in [6, 6.07) is 7.74. The van der Waals surface area contributed by atoms with Crippen LogP contribution in [0.2, 0.25) is 5.02 Å². The van der Waals surface area contributed by atoms with Crippen LogP contribution in [0, 0.1) is 13.8 Å². The van der Waals surface area contributed by atoms with Gasteiger partial charge in [0.05, 0.1) is 11.3 Å². The smallest absolute Gasteiger partial charge is 0.258 e. The van der Waals surface area contributed by atoms with E-state index in [2.05, 4.69) is 5.10 Å².